The summed E-state index contributed by atoms with van der Waals surface area (Å²) in [5, 5.41) is 11.1. The molecule has 0 aliphatic rings. The minimum absolute atomic E-state index is 0.133. The third-order valence-electron chi connectivity index (χ3n) is 3.44. The van der Waals surface area contributed by atoms with Gasteiger partial charge in [-0.15, -0.1) is 0 Å². The summed E-state index contributed by atoms with van der Waals surface area (Å²) in [7, 11) is 0. The van der Waals surface area contributed by atoms with Gasteiger partial charge in [0.25, 0.3) is 5.69 Å². The summed E-state index contributed by atoms with van der Waals surface area (Å²) in [6.07, 6.45) is 0. The fraction of sp³-hybridized carbons (Fsp3) is 0.125. The molecule has 0 aliphatic heterocycles. The van der Waals surface area contributed by atoms with Crippen molar-refractivity contribution in [2.24, 2.45) is 0 Å². The van der Waals surface area contributed by atoms with Crippen LogP contribution in [0.1, 0.15) is 11.3 Å². The number of halogens is 4. The van der Waals surface area contributed by atoms with E-state index in [4.69, 9.17) is 0 Å². The van der Waals surface area contributed by atoms with Crippen molar-refractivity contribution in [3.63, 3.8) is 0 Å². The quantitative estimate of drug-likeness (QED) is 0.347. The Morgan fingerprint density at radius 3 is 2.25 bits per heavy atom. The third-order valence-corrected chi connectivity index (χ3v) is 4.70. The van der Waals surface area contributed by atoms with E-state index in [9.17, 15) is 18.9 Å². The van der Waals surface area contributed by atoms with Gasteiger partial charge < -0.3 is 4.98 Å². The van der Waals surface area contributed by atoms with Gasteiger partial charge in [0.1, 0.15) is 11.6 Å². The molecule has 0 fully saturated rings. The molecule has 1 aromatic heterocycles. The highest BCUT2D eigenvalue weighted by atomic mass is 79.9. The Kier molecular flexibility index (Phi) is 5.71. The number of rotatable bonds is 1. The molecule has 2 aromatic carbocycles. The van der Waals surface area contributed by atoms with Crippen LogP contribution in [0.4, 0.5) is 14.5 Å². The number of hydrogen-bond donors (Lipinski definition) is 1. The van der Waals surface area contributed by atoms with Crippen molar-refractivity contribution in [3.8, 4) is 0 Å². The Labute approximate surface area is 153 Å². The van der Waals surface area contributed by atoms with Crippen LogP contribution in [0.25, 0.3) is 10.9 Å². The predicted octanol–water partition coefficient (Wildman–Crippen LogP) is 6.18. The van der Waals surface area contributed by atoms with E-state index in [-0.39, 0.29) is 16.0 Å². The molecule has 1 N–H and O–H groups in total. The maximum absolute atomic E-state index is 13.0. The average Bonchev–Trinajstić information content (AvgIpc) is 2.76. The van der Waals surface area contributed by atoms with Gasteiger partial charge in [0.15, 0.2) is 0 Å². The average molecular weight is 462 g/mol. The SMILES string of the molecule is Cc1[nH]c2c(Br)cc(F)cc2c1C.O=[N+]([O-])c1ccc(F)cc1Br. The fourth-order valence-corrected chi connectivity index (χ4v) is 3.14. The Morgan fingerprint density at radius 2 is 1.67 bits per heavy atom. The van der Waals surface area contributed by atoms with Crippen LogP contribution in [-0.2, 0) is 0 Å². The Bertz CT molecular complexity index is 926. The molecule has 24 heavy (non-hydrogen) atoms. The van der Waals surface area contributed by atoms with Gasteiger partial charge in [0.2, 0.25) is 0 Å². The lowest BCUT2D eigenvalue weighted by atomic mass is 10.1. The van der Waals surface area contributed by atoms with Crippen molar-refractivity contribution in [2.45, 2.75) is 13.8 Å². The van der Waals surface area contributed by atoms with E-state index in [1.807, 2.05) is 13.8 Å². The smallest absolute Gasteiger partial charge is 0.283 e. The van der Waals surface area contributed by atoms with Gasteiger partial charge in [-0.1, -0.05) is 0 Å². The number of nitro benzene ring substituents is 1. The van der Waals surface area contributed by atoms with E-state index >= 15 is 0 Å². The van der Waals surface area contributed by atoms with Gasteiger partial charge in [0.05, 0.1) is 14.9 Å². The van der Waals surface area contributed by atoms with Crippen LogP contribution in [0, 0.1) is 35.6 Å². The van der Waals surface area contributed by atoms with Gasteiger partial charge in [-0.3, -0.25) is 10.1 Å². The minimum atomic E-state index is -0.580. The summed E-state index contributed by atoms with van der Waals surface area (Å²) in [6.45, 7) is 3.97. The van der Waals surface area contributed by atoms with Crippen molar-refractivity contribution < 1.29 is 13.7 Å². The molecule has 8 heteroatoms. The number of H-pyrrole nitrogens is 1. The Morgan fingerprint density at radius 1 is 1.04 bits per heavy atom. The number of hydrogen-bond acceptors (Lipinski definition) is 2. The van der Waals surface area contributed by atoms with Gasteiger partial charge in [-0.2, -0.15) is 0 Å². The zero-order chi connectivity index (χ0) is 18.0. The number of aromatic amines is 1. The molecule has 0 bridgehead atoms. The minimum Gasteiger partial charge on any atom is -0.357 e. The molecule has 3 aromatic rings. The molecule has 1 heterocycles. The fourth-order valence-electron chi connectivity index (χ4n) is 2.11. The van der Waals surface area contributed by atoms with Crippen LogP contribution < -0.4 is 0 Å². The Balaban J connectivity index is 0.000000177. The van der Waals surface area contributed by atoms with E-state index in [1.165, 1.54) is 6.07 Å². The highest BCUT2D eigenvalue weighted by Gasteiger charge is 2.11. The molecule has 0 amide bonds. The van der Waals surface area contributed by atoms with Crippen molar-refractivity contribution in [2.75, 3.05) is 0 Å². The molecule has 0 saturated carbocycles. The maximum atomic E-state index is 13.0. The van der Waals surface area contributed by atoms with Gasteiger partial charge in [-0.25, -0.2) is 8.78 Å². The molecule has 0 spiro atoms. The van der Waals surface area contributed by atoms with E-state index in [1.54, 1.807) is 6.07 Å². The van der Waals surface area contributed by atoms with E-state index < -0.39 is 10.7 Å². The summed E-state index contributed by atoms with van der Waals surface area (Å²) >= 11 is 6.19. The zero-order valence-corrected chi connectivity index (χ0v) is 15.8. The van der Waals surface area contributed by atoms with Crippen LogP contribution in [0.5, 0.6) is 0 Å². The van der Waals surface area contributed by atoms with Crippen LogP contribution in [0.15, 0.2) is 39.3 Å². The highest BCUT2D eigenvalue weighted by Crippen LogP contribution is 2.28. The first-order valence-corrected chi connectivity index (χ1v) is 8.32. The largest absolute Gasteiger partial charge is 0.357 e. The standard InChI is InChI=1S/C10H9BrFN.C6H3BrFNO2/c1-5-6(2)13-10-8(5)3-7(12)4-9(10)11;7-5-3-4(8)1-2-6(5)9(10)11/h3-4,13H,1-2H3;1-3H. The summed E-state index contributed by atoms with van der Waals surface area (Å²) in [5.74, 6) is -0.705. The molecular formula is C16H12Br2F2N2O2. The summed E-state index contributed by atoms with van der Waals surface area (Å²) in [4.78, 5) is 12.8. The normalized spacial score (nSPS) is 10.4. The third kappa shape index (κ3) is 3.99. The molecule has 0 unspecified atom stereocenters. The maximum Gasteiger partial charge on any atom is 0.283 e. The van der Waals surface area contributed by atoms with Crippen LogP contribution in [0.2, 0.25) is 0 Å². The number of nitro groups is 1. The molecule has 0 atom stereocenters. The molecule has 0 radical (unpaired) electrons. The second-order valence-corrected chi connectivity index (χ2v) is 6.75. The summed E-state index contributed by atoms with van der Waals surface area (Å²) < 4.78 is 26.3. The first kappa shape index (κ1) is 18.5. The zero-order valence-electron chi connectivity index (χ0n) is 12.7. The lowest BCUT2D eigenvalue weighted by Crippen LogP contribution is -1.89. The number of fused-ring (bicyclic) bond motifs is 1. The van der Waals surface area contributed by atoms with Gasteiger partial charge in [-0.05, 0) is 75.5 Å². The molecule has 0 aliphatic carbocycles. The van der Waals surface area contributed by atoms with Gasteiger partial charge in [0, 0.05) is 21.6 Å². The second kappa shape index (κ2) is 7.40. The van der Waals surface area contributed by atoms with Crippen LogP contribution in [0.3, 0.4) is 0 Å². The summed E-state index contributed by atoms with van der Waals surface area (Å²) in [6, 6.07) is 6.23. The number of aromatic nitrogens is 1. The summed E-state index contributed by atoms with van der Waals surface area (Å²) in [5.41, 5.74) is 3.03. The topological polar surface area (TPSA) is 58.9 Å². The van der Waals surface area contributed by atoms with Crippen molar-refractivity contribution in [1.29, 1.82) is 0 Å². The van der Waals surface area contributed by atoms with Gasteiger partial charge >= 0.3 is 0 Å². The lowest BCUT2D eigenvalue weighted by molar-refractivity contribution is -0.385. The molecular weight excluding hydrogens is 450 g/mol. The molecule has 3 rings (SSSR count). The van der Waals surface area contributed by atoms with Crippen LogP contribution >= 0.6 is 31.9 Å². The highest BCUT2D eigenvalue weighted by molar-refractivity contribution is 9.11. The number of nitrogens with zero attached hydrogens (tertiary/aromatic N) is 1. The van der Waals surface area contributed by atoms with E-state index in [0.29, 0.717) is 0 Å². The van der Waals surface area contributed by atoms with E-state index in [0.717, 1.165) is 44.8 Å². The van der Waals surface area contributed by atoms with E-state index in [2.05, 4.69) is 36.8 Å². The second-order valence-electron chi connectivity index (χ2n) is 5.04. The number of nitrogens with one attached hydrogen (secondary N) is 1. The molecule has 4 nitrogen and oxygen atoms in total. The molecule has 126 valence electrons. The first-order chi connectivity index (χ1) is 11.2. The van der Waals surface area contributed by atoms with Crippen molar-refractivity contribution in [3.05, 3.63) is 72.3 Å². The monoisotopic (exact) mass is 460 g/mol. The number of benzene rings is 2. The van der Waals surface area contributed by atoms with Crippen LogP contribution in [-0.4, -0.2) is 9.91 Å². The molecule has 0 saturated heterocycles. The predicted molar refractivity (Wildman–Crippen MR) is 96.2 cm³/mol. The lowest BCUT2D eigenvalue weighted by Gasteiger charge is -1.95. The number of aryl methyl sites for hydroxylation is 2. The first-order valence-electron chi connectivity index (χ1n) is 6.74. The Hall–Kier alpha value is -1.80. The van der Waals surface area contributed by atoms with Crippen molar-refractivity contribution in [1.82, 2.24) is 4.98 Å². The van der Waals surface area contributed by atoms with Crippen molar-refractivity contribution >= 4 is 48.5 Å².